The Morgan fingerprint density at radius 3 is 2.32 bits per heavy atom. The van der Waals surface area contributed by atoms with E-state index in [9.17, 15) is 26.4 Å². The van der Waals surface area contributed by atoms with Gasteiger partial charge in [-0.15, -0.1) is 0 Å². The minimum atomic E-state index is -4.03. The summed E-state index contributed by atoms with van der Waals surface area (Å²) in [6, 6.07) is 13.9. The fourth-order valence-corrected chi connectivity index (χ4v) is 3.83. The molecule has 0 saturated carbocycles. The number of benzene rings is 3. The molecule has 0 radical (unpaired) electrons. The maximum Gasteiger partial charge on any atom is 0.387 e. The van der Waals surface area contributed by atoms with Crippen LogP contribution in [0.4, 0.5) is 24.5 Å². The molecule has 1 amide bonds. The van der Waals surface area contributed by atoms with Crippen LogP contribution in [-0.4, -0.2) is 20.9 Å². The molecule has 11 heteroatoms. The van der Waals surface area contributed by atoms with Crippen LogP contribution in [0.2, 0.25) is 5.02 Å². The highest BCUT2D eigenvalue weighted by Crippen LogP contribution is 2.23. The van der Waals surface area contributed by atoms with Gasteiger partial charge in [-0.3, -0.25) is 9.52 Å². The number of anilines is 2. The largest absolute Gasteiger partial charge is 0.435 e. The molecule has 3 rings (SSSR count). The molecule has 0 aromatic heterocycles. The van der Waals surface area contributed by atoms with Crippen LogP contribution in [0.5, 0.6) is 5.75 Å². The van der Waals surface area contributed by atoms with Gasteiger partial charge in [0, 0.05) is 23.0 Å². The van der Waals surface area contributed by atoms with Gasteiger partial charge in [0.05, 0.1) is 9.92 Å². The normalized spacial score (nSPS) is 11.3. The van der Waals surface area contributed by atoms with Crippen molar-refractivity contribution in [2.24, 2.45) is 0 Å². The quantitative estimate of drug-likeness (QED) is 0.501. The van der Waals surface area contributed by atoms with Gasteiger partial charge in [0.25, 0.3) is 15.9 Å². The van der Waals surface area contributed by atoms with E-state index in [1.165, 1.54) is 48.5 Å². The van der Waals surface area contributed by atoms with Crippen LogP contribution >= 0.6 is 11.6 Å². The zero-order valence-corrected chi connectivity index (χ0v) is 17.1. The number of nitrogens with one attached hydrogen (secondary N) is 2. The Morgan fingerprint density at radius 2 is 1.68 bits per heavy atom. The maximum atomic E-state index is 13.2. The summed E-state index contributed by atoms with van der Waals surface area (Å²) in [6.07, 6.45) is 0. The van der Waals surface area contributed by atoms with Crippen molar-refractivity contribution in [2.45, 2.75) is 11.5 Å². The Balaban J connectivity index is 1.69. The Hall–Kier alpha value is -3.24. The molecular formula is C20H14ClF3N2O4S. The summed E-state index contributed by atoms with van der Waals surface area (Å²) < 4.78 is 69.2. The van der Waals surface area contributed by atoms with Crippen LogP contribution in [0.15, 0.2) is 71.6 Å². The first-order valence-electron chi connectivity index (χ1n) is 8.58. The van der Waals surface area contributed by atoms with Crippen molar-refractivity contribution in [3.8, 4) is 5.75 Å². The molecule has 0 saturated heterocycles. The van der Waals surface area contributed by atoms with E-state index in [2.05, 4.69) is 14.8 Å². The lowest BCUT2D eigenvalue weighted by atomic mass is 10.2. The van der Waals surface area contributed by atoms with Gasteiger partial charge in [-0.1, -0.05) is 17.7 Å². The van der Waals surface area contributed by atoms with E-state index < -0.39 is 28.4 Å². The lowest BCUT2D eigenvalue weighted by molar-refractivity contribution is -0.0498. The van der Waals surface area contributed by atoms with Gasteiger partial charge in [0.15, 0.2) is 0 Å². The molecule has 0 unspecified atom stereocenters. The molecule has 0 aliphatic carbocycles. The highest BCUT2D eigenvalue weighted by molar-refractivity contribution is 7.92. The molecule has 3 aromatic rings. The number of hydrogen-bond donors (Lipinski definition) is 2. The number of hydrogen-bond acceptors (Lipinski definition) is 4. The van der Waals surface area contributed by atoms with E-state index in [4.69, 9.17) is 11.6 Å². The van der Waals surface area contributed by atoms with Crippen molar-refractivity contribution >= 4 is 38.9 Å². The van der Waals surface area contributed by atoms with Crippen molar-refractivity contribution in [3.63, 3.8) is 0 Å². The van der Waals surface area contributed by atoms with Crippen molar-refractivity contribution in [3.05, 3.63) is 83.1 Å². The molecule has 2 N–H and O–H groups in total. The minimum Gasteiger partial charge on any atom is -0.435 e. The van der Waals surface area contributed by atoms with Crippen LogP contribution < -0.4 is 14.8 Å². The maximum absolute atomic E-state index is 13.2. The summed E-state index contributed by atoms with van der Waals surface area (Å²) in [5, 5.41) is 2.19. The number of ether oxygens (including phenoxy) is 1. The van der Waals surface area contributed by atoms with Crippen molar-refractivity contribution < 1.29 is 31.1 Å². The van der Waals surface area contributed by atoms with Crippen LogP contribution in [0.25, 0.3) is 0 Å². The molecule has 6 nitrogen and oxygen atoms in total. The Labute approximate surface area is 180 Å². The third-order valence-corrected chi connectivity index (χ3v) is 5.59. The van der Waals surface area contributed by atoms with Crippen molar-refractivity contribution in [1.29, 1.82) is 0 Å². The highest BCUT2D eigenvalue weighted by Gasteiger charge is 2.16. The fraction of sp³-hybridized carbons (Fsp3) is 0.0500. The molecule has 0 bridgehead atoms. The van der Waals surface area contributed by atoms with Crippen LogP contribution in [0.3, 0.4) is 0 Å². The van der Waals surface area contributed by atoms with Gasteiger partial charge in [-0.25, -0.2) is 12.8 Å². The zero-order valence-electron chi connectivity index (χ0n) is 15.5. The Kier molecular flexibility index (Phi) is 6.71. The number of sulfonamides is 1. The first-order chi connectivity index (χ1) is 14.6. The number of amides is 1. The number of halogens is 4. The van der Waals surface area contributed by atoms with Gasteiger partial charge >= 0.3 is 6.61 Å². The first kappa shape index (κ1) is 22.4. The molecule has 0 atom stereocenters. The van der Waals surface area contributed by atoms with E-state index in [0.717, 1.165) is 18.2 Å². The number of carbonyl (C=O) groups is 1. The Bertz CT molecular complexity index is 1210. The number of alkyl halides is 2. The van der Waals surface area contributed by atoms with E-state index in [-0.39, 0.29) is 32.6 Å². The highest BCUT2D eigenvalue weighted by atomic mass is 35.5. The summed E-state index contributed by atoms with van der Waals surface area (Å²) in [7, 11) is -4.03. The molecular weight excluding hydrogens is 457 g/mol. The average Bonchev–Trinajstić information content (AvgIpc) is 2.70. The number of rotatable bonds is 7. The average molecular weight is 471 g/mol. The van der Waals surface area contributed by atoms with Crippen LogP contribution in [0, 0.1) is 5.82 Å². The second-order valence-electron chi connectivity index (χ2n) is 6.12. The number of carbonyl (C=O) groups excluding carboxylic acids is 1. The summed E-state index contributed by atoms with van der Waals surface area (Å²) in [5.41, 5.74) is 0.582. The molecule has 31 heavy (non-hydrogen) atoms. The molecule has 162 valence electrons. The van der Waals surface area contributed by atoms with E-state index >= 15 is 0 Å². The molecule has 0 aliphatic heterocycles. The predicted octanol–water partition coefficient (Wildman–Crippen LogP) is 5.13. The topological polar surface area (TPSA) is 84.5 Å². The molecule has 0 fully saturated rings. The second-order valence-corrected chi connectivity index (χ2v) is 8.21. The predicted molar refractivity (Wildman–Crippen MR) is 110 cm³/mol. The zero-order chi connectivity index (χ0) is 22.6. The molecule has 3 aromatic carbocycles. The monoisotopic (exact) mass is 470 g/mol. The molecule has 0 heterocycles. The second kappa shape index (κ2) is 9.27. The third kappa shape index (κ3) is 5.89. The fourth-order valence-electron chi connectivity index (χ4n) is 2.50. The lowest BCUT2D eigenvalue weighted by Gasteiger charge is -2.10. The molecule has 0 spiro atoms. The van der Waals surface area contributed by atoms with Crippen LogP contribution in [-0.2, 0) is 10.0 Å². The summed E-state index contributed by atoms with van der Waals surface area (Å²) in [5.74, 6) is -1.41. The standard InChI is InChI=1S/C20H14ClF3N2O4S/c21-17-11-16(8-9-18(17)22)31(28,29)26-13-6-4-12(5-7-13)19(27)25-14-2-1-3-15(10-14)30-20(23)24/h1-11,20,26H,(H,25,27). The summed E-state index contributed by atoms with van der Waals surface area (Å²) in [6.45, 7) is -2.99. The van der Waals surface area contributed by atoms with E-state index in [1.54, 1.807) is 0 Å². The van der Waals surface area contributed by atoms with E-state index in [0.29, 0.717) is 0 Å². The van der Waals surface area contributed by atoms with E-state index in [1.807, 2.05) is 0 Å². The minimum absolute atomic E-state index is 0.113. The first-order valence-corrected chi connectivity index (χ1v) is 10.4. The van der Waals surface area contributed by atoms with Gasteiger partial charge in [-0.05, 0) is 54.6 Å². The Morgan fingerprint density at radius 1 is 0.968 bits per heavy atom. The lowest BCUT2D eigenvalue weighted by Crippen LogP contribution is -2.14. The SMILES string of the molecule is O=C(Nc1cccc(OC(F)F)c1)c1ccc(NS(=O)(=O)c2ccc(F)c(Cl)c2)cc1. The van der Waals surface area contributed by atoms with Crippen molar-refractivity contribution in [1.82, 2.24) is 0 Å². The van der Waals surface area contributed by atoms with Gasteiger partial charge in [0.1, 0.15) is 11.6 Å². The third-order valence-electron chi connectivity index (χ3n) is 3.92. The smallest absolute Gasteiger partial charge is 0.387 e. The van der Waals surface area contributed by atoms with Crippen LogP contribution in [0.1, 0.15) is 10.4 Å². The molecule has 0 aliphatic rings. The van der Waals surface area contributed by atoms with Gasteiger partial charge in [-0.2, -0.15) is 8.78 Å². The van der Waals surface area contributed by atoms with Gasteiger partial charge in [0.2, 0.25) is 0 Å². The van der Waals surface area contributed by atoms with Gasteiger partial charge < -0.3 is 10.1 Å². The van der Waals surface area contributed by atoms with Crippen molar-refractivity contribution in [2.75, 3.05) is 10.0 Å². The summed E-state index contributed by atoms with van der Waals surface area (Å²) >= 11 is 5.62. The summed E-state index contributed by atoms with van der Waals surface area (Å²) in [4.78, 5) is 12.1.